The van der Waals surface area contributed by atoms with Crippen LogP contribution in [0.3, 0.4) is 0 Å². The van der Waals surface area contributed by atoms with Crippen LogP contribution in [0.4, 0.5) is 0 Å². The van der Waals surface area contributed by atoms with Crippen molar-refractivity contribution in [3.05, 3.63) is 0 Å². The topological polar surface area (TPSA) is 29.3 Å². The van der Waals surface area contributed by atoms with Crippen LogP contribution in [0.1, 0.15) is 51.9 Å². The Morgan fingerprint density at radius 3 is 2.67 bits per heavy atom. The summed E-state index contributed by atoms with van der Waals surface area (Å²) in [6, 6.07) is 1.30. The molecule has 2 nitrogen and oxygen atoms in total. The van der Waals surface area contributed by atoms with Crippen molar-refractivity contribution < 1.29 is 0 Å². The summed E-state index contributed by atoms with van der Waals surface area (Å²) < 4.78 is 0. The normalized spacial score (nSPS) is 39.2. The SMILES string of the molecule is CCC1CCCN(C2CCC(N)C2)CC1. The van der Waals surface area contributed by atoms with Gasteiger partial charge in [-0.2, -0.15) is 0 Å². The van der Waals surface area contributed by atoms with E-state index in [1.54, 1.807) is 0 Å². The predicted octanol–water partition coefficient (Wildman–Crippen LogP) is 2.38. The first-order valence-corrected chi connectivity index (χ1v) is 6.79. The molecule has 88 valence electrons. The van der Waals surface area contributed by atoms with E-state index >= 15 is 0 Å². The van der Waals surface area contributed by atoms with E-state index in [9.17, 15) is 0 Å². The summed E-state index contributed by atoms with van der Waals surface area (Å²) in [5.41, 5.74) is 6.00. The van der Waals surface area contributed by atoms with Crippen LogP contribution in [0.25, 0.3) is 0 Å². The lowest BCUT2D eigenvalue weighted by molar-refractivity contribution is 0.202. The Morgan fingerprint density at radius 2 is 2.00 bits per heavy atom. The number of hydrogen-bond acceptors (Lipinski definition) is 2. The fourth-order valence-corrected chi connectivity index (χ4v) is 3.28. The minimum Gasteiger partial charge on any atom is -0.328 e. The third kappa shape index (κ3) is 2.94. The maximum absolute atomic E-state index is 6.00. The Bertz CT molecular complexity index is 193. The third-order valence-corrected chi connectivity index (χ3v) is 4.42. The molecule has 1 heterocycles. The van der Waals surface area contributed by atoms with Crippen molar-refractivity contribution in [2.24, 2.45) is 11.7 Å². The molecule has 3 atom stereocenters. The second-order valence-electron chi connectivity index (χ2n) is 5.47. The van der Waals surface area contributed by atoms with Gasteiger partial charge in [-0.25, -0.2) is 0 Å². The molecule has 2 aliphatic rings. The van der Waals surface area contributed by atoms with Gasteiger partial charge in [-0.05, 0) is 57.5 Å². The first-order valence-electron chi connectivity index (χ1n) is 6.79. The van der Waals surface area contributed by atoms with Gasteiger partial charge in [0.05, 0.1) is 0 Å². The van der Waals surface area contributed by atoms with E-state index in [4.69, 9.17) is 5.73 Å². The smallest absolute Gasteiger partial charge is 0.0111 e. The van der Waals surface area contributed by atoms with E-state index in [1.807, 2.05) is 0 Å². The number of nitrogens with two attached hydrogens (primary N) is 1. The molecule has 1 aliphatic heterocycles. The van der Waals surface area contributed by atoms with Crippen LogP contribution in [0.15, 0.2) is 0 Å². The van der Waals surface area contributed by atoms with Gasteiger partial charge in [-0.1, -0.05) is 13.3 Å². The molecular formula is C13H26N2. The maximum Gasteiger partial charge on any atom is 0.0111 e. The molecule has 0 amide bonds. The molecule has 2 heteroatoms. The summed E-state index contributed by atoms with van der Waals surface area (Å²) in [5, 5.41) is 0. The lowest BCUT2D eigenvalue weighted by Gasteiger charge is -2.27. The molecule has 0 bridgehead atoms. The van der Waals surface area contributed by atoms with Gasteiger partial charge in [-0.15, -0.1) is 0 Å². The van der Waals surface area contributed by atoms with Crippen molar-refractivity contribution in [3.63, 3.8) is 0 Å². The first-order chi connectivity index (χ1) is 7.29. The molecule has 0 spiro atoms. The second-order valence-corrected chi connectivity index (χ2v) is 5.47. The monoisotopic (exact) mass is 210 g/mol. The number of nitrogens with zero attached hydrogens (tertiary/aromatic N) is 1. The van der Waals surface area contributed by atoms with Gasteiger partial charge >= 0.3 is 0 Å². The van der Waals surface area contributed by atoms with Crippen LogP contribution in [0.5, 0.6) is 0 Å². The Kier molecular flexibility index (Phi) is 4.04. The minimum absolute atomic E-state index is 0.486. The molecule has 15 heavy (non-hydrogen) atoms. The molecule has 2 fully saturated rings. The van der Waals surface area contributed by atoms with E-state index in [0.29, 0.717) is 6.04 Å². The standard InChI is InChI=1S/C13H26N2/c1-2-11-4-3-8-15(9-7-11)13-6-5-12(14)10-13/h11-13H,2-10,14H2,1H3. The number of rotatable bonds is 2. The van der Waals surface area contributed by atoms with Crippen molar-refractivity contribution in [1.82, 2.24) is 4.90 Å². The predicted molar refractivity (Wildman–Crippen MR) is 64.8 cm³/mol. The van der Waals surface area contributed by atoms with E-state index in [1.165, 1.54) is 58.0 Å². The molecule has 2 N–H and O–H groups in total. The van der Waals surface area contributed by atoms with Crippen LogP contribution >= 0.6 is 0 Å². The molecule has 1 aliphatic carbocycles. The van der Waals surface area contributed by atoms with Gasteiger partial charge in [0.2, 0.25) is 0 Å². The van der Waals surface area contributed by atoms with Gasteiger partial charge in [-0.3, -0.25) is 0 Å². The minimum atomic E-state index is 0.486. The fourth-order valence-electron chi connectivity index (χ4n) is 3.28. The Morgan fingerprint density at radius 1 is 1.13 bits per heavy atom. The summed E-state index contributed by atoms with van der Waals surface area (Å²) >= 11 is 0. The zero-order chi connectivity index (χ0) is 10.7. The van der Waals surface area contributed by atoms with Crippen LogP contribution < -0.4 is 5.73 Å². The summed E-state index contributed by atoms with van der Waals surface area (Å²) in [6.45, 7) is 5.00. The molecule has 0 aromatic rings. The maximum atomic E-state index is 6.00. The lowest BCUT2D eigenvalue weighted by Crippen LogP contribution is -2.35. The van der Waals surface area contributed by atoms with Gasteiger partial charge in [0.15, 0.2) is 0 Å². The van der Waals surface area contributed by atoms with Crippen LogP contribution in [0.2, 0.25) is 0 Å². The van der Waals surface area contributed by atoms with Crippen molar-refractivity contribution in [2.75, 3.05) is 13.1 Å². The average molecular weight is 210 g/mol. The first kappa shape index (κ1) is 11.4. The van der Waals surface area contributed by atoms with Gasteiger partial charge in [0, 0.05) is 12.1 Å². The van der Waals surface area contributed by atoms with Crippen molar-refractivity contribution >= 4 is 0 Å². The van der Waals surface area contributed by atoms with E-state index in [2.05, 4.69) is 11.8 Å². The van der Waals surface area contributed by atoms with Crippen LogP contribution in [0, 0.1) is 5.92 Å². The summed E-state index contributed by atoms with van der Waals surface area (Å²) in [5.74, 6) is 0.991. The highest BCUT2D eigenvalue weighted by Gasteiger charge is 2.28. The van der Waals surface area contributed by atoms with Crippen molar-refractivity contribution in [2.45, 2.75) is 64.0 Å². The second kappa shape index (κ2) is 5.31. The van der Waals surface area contributed by atoms with Crippen molar-refractivity contribution in [1.29, 1.82) is 0 Å². The summed E-state index contributed by atoms with van der Waals surface area (Å²) in [7, 11) is 0. The van der Waals surface area contributed by atoms with E-state index in [0.717, 1.165) is 12.0 Å². The van der Waals surface area contributed by atoms with Crippen molar-refractivity contribution in [3.8, 4) is 0 Å². The Hall–Kier alpha value is -0.0800. The molecular weight excluding hydrogens is 184 g/mol. The van der Waals surface area contributed by atoms with E-state index < -0.39 is 0 Å². The average Bonchev–Trinajstić information content (AvgIpc) is 2.54. The van der Waals surface area contributed by atoms with Gasteiger partial charge in [0.1, 0.15) is 0 Å². The highest BCUT2D eigenvalue weighted by molar-refractivity contribution is 4.86. The quantitative estimate of drug-likeness (QED) is 0.758. The number of hydrogen-bond donors (Lipinski definition) is 1. The molecule has 0 aromatic carbocycles. The molecule has 3 unspecified atom stereocenters. The Balaban J connectivity index is 1.83. The third-order valence-electron chi connectivity index (χ3n) is 4.42. The largest absolute Gasteiger partial charge is 0.328 e. The molecule has 0 aromatic heterocycles. The molecule has 2 rings (SSSR count). The number of likely N-dealkylation sites (tertiary alicyclic amines) is 1. The molecule has 0 radical (unpaired) electrons. The van der Waals surface area contributed by atoms with Gasteiger partial charge < -0.3 is 10.6 Å². The summed E-state index contributed by atoms with van der Waals surface area (Å²) in [4.78, 5) is 2.72. The highest BCUT2D eigenvalue weighted by atomic mass is 15.2. The lowest BCUT2D eigenvalue weighted by atomic mass is 9.98. The highest BCUT2D eigenvalue weighted by Crippen LogP contribution is 2.27. The fraction of sp³-hybridized carbons (Fsp3) is 1.00. The van der Waals surface area contributed by atoms with E-state index in [-0.39, 0.29) is 0 Å². The zero-order valence-corrected chi connectivity index (χ0v) is 10.1. The molecule has 1 saturated carbocycles. The van der Waals surface area contributed by atoms with Gasteiger partial charge in [0.25, 0.3) is 0 Å². The molecule has 1 saturated heterocycles. The van der Waals surface area contributed by atoms with Crippen LogP contribution in [-0.2, 0) is 0 Å². The Labute approximate surface area is 94.2 Å². The van der Waals surface area contributed by atoms with Crippen LogP contribution in [-0.4, -0.2) is 30.1 Å². The summed E-state index contributed by atoms with van der Waals surface area (Å²) in [6.07, 6.45) is 9.49. The zero-order valence-electron chi connectivity index (χ0n) is 10.1.